The summed E-state index contributed by atoms with van der Waals surface area (Å²) in [6.07, 6.45) is 2.60. The molecule has 0 N–H and O–H groups in total. The normalized spacial score (nSPS) is 25.6. The van der Waals surface area contributed by atoms with Crippen molar-refractivity contribution in [2.24, 2.45) is 0 Å². The van der Waals surface area contributed by atoms with Crippen LogP contribution in [-0.4, -0.2) is 31.1 Å². The smallest absolute Gasteiger partial charge is 0.224 e. The molecule has 1 fully saturated rings. The number of amides is 1. The van der Waals surface area contributed by atoms with E-state index in [1.165, 1.54) is 22.4 Å². The van der Waals surface area contributed by atoms with Gasteiger partial charge in [-0.25, -0.2) is 0 Å². The molecule has 124 valence electrons. The van der Waals surface area contributed by atoms with Crippen molar-refractivity contribution < 1.29 is 4.79 Å². The Hall–Kier alpha value is -2.29. The molecule has 0 bridgehead atoms. The van der Waals surface area contributed by atoms with Crippen LogP contribution < -0.4 is 4.90 Å². The zero-order valence-corrected chi connectivity index (χ0v) is 14.6. The summed E-state index contributed by atoms with van der Waals surface area (Å²) in [5.41, 5.74) is 5.27. The summed E-state index contributed by atoms with van der Waals surface area (Å²) in [6, 6.07) is 17.4. The molecule has 0 aliphatic carbocycles. The number of nitrogens with zero attached hydrogens (tertiary/aromatic N) is 2. The van der Waals surface area contributed by atoms with Gasteiger partial charge in [0.05, 0.1) is 0 Å². The second-order valence-electron chi connectivity index (χ2n) is 7.33. The van der Waals surface area contributed by atoms with Crippen molar-refractivity contribution >= 4 is 11.6 Å². The number of hydrogen-bond acceptors (Lipinski definition) is 2. The lowest BCUT2D eigenvalue weighted by Crippen LogP contribution is -2.59. The van der Waals surface area contributed by atoms with Gasteiger partial charge in [-0.05, 0) is 37.0 Å². The third-order valence-electron chi connectivity index (χ3n) is 5.83. The standard InChI is InChI=1S/C21H24N2O/c1-15-7-6-8-16(13-15)14-21-12-11-19(24)23(3)20(21)22(2)18-10-5-4-9-17(18)21/h4-10,13,20H,11-12,14H2,1-3H3/t20-,21+/m0/s1. The number of anilines is 1. The monoisotopic (exact) mass is 320 g/mol. The van der Waals surface area contributed by atoms with Crippen LogP contribution in [0.1, 0.15) is 29.5 Å². The maximum absolute atomic E-state index is 12.4. The van der Waals surface area contributed by atoms with Gasteiger partial charge in [0.2, 0.25) is 5.91 Å². The van der Waals surface area contributed by atoms with Gasteiger partial charge in [0.25, 0.3) is 0 Å². The van der Waals surface area contributed by atoms with E-state index in [0.29, 0.717) is 6.42 Å². The number of benzene rings is 2. The summed E-state index contributed by atoms with van der Waals surface area (Å²) in [5.74, 6) is 0.250. The van der Waals surface area contributed by atoms with Crippen LogP contribution in [0.3, 0.4) is 0 Å². The first-order valence-corrected chi connectivity index (χ1v) is 8.66. The van der Waals surface area contributed by atoms with Crippen LogP contribution in [0, 0.1) is 6.92 Å². The van der Waals surface area contributed by atoms with Gasteiger partial charge in [0, 0.05) is 31.6 Å². The Bertz CT molecular complexity index is 800. The number of fused-ring (bicyclic) bond motifs is 3. The summed E-state index contributed by atoms with van der Waals surface area (Å²) in [6.45, 7) is 2.14. The molecule has 0 unspecified atom stereocenters. The first-order chi connectivity index (χ1) is 11.5. The van der Waals surface area contributed by atoms with Gasteiger partial charge in [-0.3, -0.25) is 4.79 Å². The second-order valence-corrected chi connectivity index (χ2v) is 7.33. The molecule has 0 saturated carbocycles. The van der Waals surface area contributed by atoms with E-state index in [9.17, 15) is 4.79 Å². The Morgan fingerprint density at radius 1 is 1.08 bits per heavy atom. The third kappa shape index (κ3) is 2.07. The van der Waals surface area contributed by atoms with Crippen molar-refractivity contribution in [2.75, 3.05) is 19.0 Å². The molecule has 2 aromatic carbocycles. The van der Waals surface area contributed by atoms with E-state index in [1.807, 2.05) is 11.9 Å². The number of aryl methyl sites for hydroxylation is 1. The van der Waals surface area contributed by atoms with E-state index < -0.39 is 0 Å². The molecule has 2 atom stereocenters. The maximum atomic E-state index is 12.4. The molecule has 2 aliphatic heterocycles. The number of likely N-dealkylation sites (tertiary alicyclic amines) is 1. The molecular formula is C21H24N2O. The van der Waals surface area contributed by atoms with Gasteiger partial charge < -0.3 is 9.80 Å². The van der Waals surface area contributed by atoms with E-state index in [0.717, 1.165) is 12.8 Å². The summed E-state index contributed by atoms with van der Waals surface area (Å²) >= 11 is 0. The molecule has 2 aliphatic rings. The summed E-state index contributed by atoms with van der Waals surface area (Å²) in [7, 11) is 4.08. The fourth-order valence-corrected chi connectivity index (χ4v) is 4.84. The van der Waals surface area contributed by atoms with Crippen LogP contribution >= 0.6 is 0 Å². The molecule has 4 rings (SSSR count). The molecule has 2 heterocycles. The van der Waals surface area contributed by atoms with Gasteiger partial charge in [-0.1, -0.05) is 48.0 Å². The predicted octanol–water partition coefficient (Wildman–Crippen LogP) is 3.50. The SMILES string of the molecule is Cc1cccc(C[C@@]23CCC(=O)N(C)[C@@H]2N(C)c2ccccc23)c1. The number of rotatable bonds is 2. The van der Waals surface area contributed by atoms with Crippen LogP contribution in [-0.2, 0) is 16.6 Å². The van der Waals surface area contributed by atoms with Gasteiger partial charge in [0.1, 0.15) is 6.17 Å². The van der Waals surface area contributed by atoms with Crippen molar-refractivity contribution in [3.8, 4) is 0 Å². The minimum Gasteiger partial charge on any atom is -0.353 e. The molecule has 0 aromatic heterocycles. The molecule has 24 heavy (non-hydrogen) atoms. The topological polar surface area (TPSA) is 23.6 Å². The second kappa shape index (κ2) is 5.37. The van der Waals surface area contributed by atoms with Crippen LogP contribution in [0.25, 0.3) is 0 Å². The van der Waals surface area contributed by atoms with Crippen LogP contribution in [0.4, 0.5) is 5.69 Å². The van der Waals surface area contributed by atoms with Crippen molar-refractivity contribution in [1.82, 2.24) is 4.90 Å². The Morgan fingerprint density at radius 2 is 1.88 bits per heavy atom. The van der Waals surface area contributed by atoms with Gasteiger partial charge in [-0.15, -0.1) is 0 Å². The molecule has 3 nitrogen and oxygen atoms in total. The predicted molar refractivity (Wildman–Crippen MR) is 97.2 cm³/mol. The van der Waals surface area contributed by atoms with E-state index in [2.05, 4.69) is 67.4 Å². The van der Waals surface area contributed by atoms with Gasteiger partial charge in [-0.2, -0.15) is 0 Å². The zero-order valence-electron chi connectivity index (χ0n) is 14.6. The Labute approximate surface area is 143 Å². The Balaban J connectivity index is 1.86. The molecule has 1 saturated heterocycles. The summed E-state index contributed by atoms with van der Waals surface area (Å²) < 4.78 is 0. The number of likely N-dealkylation sites (N-methyl/N-ethyl adjacent to an activating group) is 2. The average molecular weight is 320 g/mol. The molecule has 3 heteroatoms. The summed E-state index contributed by atoms with van der Waals surface area (Å²) in [4.78, 5) is 16.6. The maximum Gasteiger partial charge on any atom is 0.224 e. The van der Waals surface area contributed by atoms with Crippen LogP contribution in [0.2, 0.25) is 0 Å². The van der Waals surface area contributed by atoms with E-state index in [1.54, 1.807) is 0 Å². The van der Waals surface area contributed by atoms with E-state index >= 15 is 0 Å². The van der Waals surface area contributed by atoms with Crippen molar-refractivity contribution in [3.63, 3.8) is 0 Å². The minimum atomic E-state index is -0.0260. The Kier molecular flexibility index (Phi) is 3.41. The first-order valence-electron chi connectivity index (χ1n) is 8.66. The lowest BCUT2D eigenvalue weighted by molar-refractivity contribution is -0.137. The van der Waals surface area contributed by atoms with Gasteiger partial charge >= 0.3 is 0 Å². The zero-order chi connectivity index (χ0) is 16.9. The Morgan fingerprint density at radius 3 is 2.67 bits per heavy atom. The number of carbonyl (C=O) groups is 1. The number of piperidine rings is 1. The fourth-order valence-electron chi connectivity index (χ4n) is 4.84. The largest absolute Gasteiger partial charge is 0.353 e. The van der Waals surface area contributed by atoms with Crippen LogP contribution in [0.15, 0.2) is 48.5 Å². The van der Waals surface area contributed by atoms with Crippen molar-refractivity contribution in [1.29, 1.82) is 0 Å². The number of hydrogen-bond donors (Lipinski definition) is 0. The van der Waals surface area contributed by atoms with Gasteiger partial charge in [0.15, 0.2) is 0 Å². The highest BCUT2D eigenvalue weighted by atomic mass is 16.2. The molecular weight excluding hydrogens is 296 g/mol. The molecule has 0 spiro atoms. The van der Waals surface area contributed by atoms with Crippen LogP contribution in [0.5, 0.6) is 0 Å². The number of para-hydroxylation sites is 1. The lowest BCUT2D eigenvalue weighted by atomic mass is 9.69. The number of carbonyl (C=O) groups excluding carboxylic acids is 1. The van der Waals surface area contributed by atoms with E-state index in [-0.39, 0.29) is 17.5 Å². The highest BCUT2D eigenvalue weighted by molar-refractivity contribution is 5.80. The summed E-state index contributed by atoms with van der Waals surface area (Å²) in [5, 5.41) is 0. The van der Waals surface area contributed by atoms with E-state index in [4.69, 9.17) is 0 Å². The van der Waals surface area contributed by atoms with Crippen molar-refractivity contribution in [3.05, 3.63) is 65.2 Å². The minimum absolute atomic E-state index is 0.0260. The van der Waals surface area contributed by atoms with Crippen molar-refractivity contribution in [2.45, 2.75) is 37.8 Å². The highest BCUT2D eigenvalue weighted by Gasteiger charge is 2.54. The average Bonchev–Trinajstić information content (AvgIpc) is 2.82. The quantitative estimate of drug-likeness (QED) is 0.845. The molecule has 2 aromatic rings. The highest BCUT2D eigenvalue weighted by Crippen LogP contribution is 2.52. The fraction of sp³-hybridized carbons (Fsp3) is 0.381. The lowest BCUT2D eigenvalue weighted by Gasteiger charge is -2.47. The first kappa shape index (κ1) is 15.3. The third-order valence-corrected chi connectivity index (χ3v) is 5.83. The molecule has 0 radical (unpaired) electrons. The molecule has 1 amide bonds.